The third-order valence-electron chi connectivity index (χ3n) is 4.06. The van der Waals surface area contributed by atoms with E-state index in [1.165, 1.54) is 4.88 Å². The Bertz CT molecular complexity index is 738. The zero-order valence-electron chi connectivity index (χ0n) is 14.3. The first-order valence-electron chi connectivity index (χ1n) is 7.86. The van der Waals surface area contributed by atoms with Gasteiger partial charge in [0.2, 0.25) is 5.82 Å². The molecule has 23 heavy (non-hydrogen) atoms. The second-order valence-corrected chi connectivity index (χ2v) is 8.95. The molecule has 0 fully saturated rings. The maximum atomic E-state index is 12.3. The molecule has 7 heteroatoms. The average molecular weight is 333 g/mol. The van der Waals surface area contributed by atoms with Gasteiger partial charge in [0.05, 0.1) is 11.2 Å². The van der Waals surface area contributed by atoms with Crippen LogP contribution >= 0.6 is 11.3 Å². The van der Waals surface area contributed by atoms with Crippen molar-refractivity contribution in [3.8, 4) is 0 Å². The van der Waals surface area contributed by atoms with Crippen molar-refractivity contribution >= 4 is 22.4 Å². The Morgan fingerprint density at radius 1 is 1.39 bits per heavy atom. The van der Waals surface area contributed by atoms with Crippen molar-refractivity contribution in [3.05, 3.63) is 22.7 Å². The molecule has 0 unspecified atom stereocenters. The summed E-state index contributed by atoms with van der Waals surface area (Å²) in [6.45, 7) is 10.6. The molecule has 124 valence electrons. The second-order valence-electron chi connectivity index (χ2n) is 7.87. The van der Waals surface area contributed by atoms with Crippen molar-refractivity contribution in [2.24, 2.45) is 5.41 Å². The van der Waals surface area contributed by atoms with E-state index in [1.54, 1.807) is 22.3 Å². The zero-order chi connectivity index (χ0) is 16.8. The molecular weight excluding hydrogens is 310 g/mol. The first kappa shape index (κ1) is 16.1. The van der Waals surface area contributed by atoms with E-state index in [0.717, 1.165) is 25.0 Å². The predicted molar refractivity (Wildman–Crippen MR) is 90.9 cm³/mol. The minimum atomic E-state index is -0.307. The van der Waals surface area contributed by atoms with E-state index in [1.807, 2.05) is 20.8 Å². The molecule has 2 aromatic heterocycles. The van der Waals surface area contributed by atoms with E-state index in [-0.39, 0.29) is 17.3 Å². The van der Waals surface area contributed by atoms with E-state index < -0.39 is 0 Å². The quantitative estimate of drug-likeness (QED) is 0.915. The van der Waals surface area contributed by atoms with Gasteiger partial charge in [-0.05, 0) is 45.4 Å². The van der Waals surface area contributed by atoms with Crippen LogP contribution in [-0.4, -0.2) is 25.7 Å². The van der Waals surface area contributed by atoms with Crippen LogP contribution in [0.2, 0.25) is 0 Å². The highest BCUT2D eigenvalue weighted by atomic mass is 32.1. The number of anilines is 1. The molecule has 3 rings (SSSR count). The number of nitrogens with zero attached hydrogens (tertiary/aromatic N) is 4. The molecule has 0 radical (unpaired) electrons. The molecule has 1 aliphatic rings. The number of carbonyl (C=O) groups excluding carboxylic acids is 1. The molecular formula is C16H23N5OS. The van der Waals surface area contributed by atoms with Crippen molar-refractivity contribution in [2.45, 2.75) is 59.4 Å². The summed E-state index contributed by atoms with van der Waals surface area (Å²) >= 11 is 1.57. The highest BCUT2D eigenvalue weighted by Gasteiger charge is 2.28. The van der Waals surface area contributed by atoms with Crippen LogP contribution in [0.15, 0.2) is 6.33 Å². The molecule has 1 aliphatic carbocycles. The Kier molecular flexibility index (Phi) is 3.78. The summed E-state index contributed by atoms with van der Waals surface area (Å²) in [6, 6.07) is 0. The van der Waals surface area contributed by atoms with E-state index in [0.29, 0.717) is 10.5 Å². The lowest BCUT2D eigenvalue weighted by atomic mass is 9.79. The number of rotatable bonds is 2. The topological polar surface area (TPSA) is 72.7 Å². The predicted octanol–water partition coefficient (Wildman–Crippen LogP) is 3.26. The Morgan fingerprint density at radius 3 is 2.78 bits per heavy atom. The van der Waals surface area contributed by atoms with E-state index in [2.05, 4.69) is 34.2 Å². The molecule has 0 aliphatic heterocycles. The summed E-state index contributed by atoms with van der Waals surface area (Å²) in [4.78, 5) is 22.3. The van der Waals surface area contributed by atoms with Crippen LogP contribution in [-0.2, 0) is 18.4 Å². The Balaban J connectivity index is 1.74. The maximum Gasteiger partial charge on any atom is 0.297 e. The fraction of sp³-hybridized carbons (Fsp3) is 0.625. The number of amides is 1. The number of nitrogens with one attached hydrogen (secondary N) is 1. The third-order valence-corrected chi connectivity index (χ3v) is 5.07. The molecule has 6 nitrogen and oxygen atoms in total. The van der Waals surface area contributed by atoms with Crippen molar-refractivity contribution in [1.29, 1.82) is 0 Å². The second kappa shape index (κ2) is 5.40. The Hall–Kier alpha value is -1.76. The van der Waals surface area contributed by atoms with Gasteiger partial charge in [-0.3, -0.25) is 10.1 Å². The Morgan fingerprint density at radius 2 is 2.13 bits per heavy atom. The first-order valence-corrected chi connectivity index (χ1v) is 8.68. The van der Waals surface area contributed by atoms with E-state index in [4.69, 9.17) is 0 Å². The highest BCUT2D eigenvalue weighted by molar-refractivity contribution is 7.15. The standard InChI is InChI=1S/C16H23N5OS/c1-15(2,3)21-9-17-12(20-21)13(22)19-14-18-10-6-7-16(4,5)8-11(10)23-14/h9H,6-8H2,1-5H3,(H,18,19,22). The average Bonchev–Trinajstić information content (AvgIpc) is 3.02. The lowest BCUT2D eigenvalue weighted by Crippen LogP contribution is -2.23. The molecule has 0 bridgehead atoms. The lowest BCUT2D eigenvalue weighted by molar-refractivity contribution is 0.101. The highest BCUT2D eigenvalue weighted by Crippen LogP contribution is 2.38. The van der Waals surface area contributed by atoms with Crippen LogP contribution in [0.3, 0.4) is 0 Å². The zero-order valence-corrected chi connectivity index (χ0v) is 15.1. The number of aryl methyl sites for hydroxylation is 1. The van der Waals surface area contributed by atoms with Gasteiger partial charge >= 0.3 is 0 Å². The first-order chi connectivity index (χ1) is 10.6. The molecule has 0 saturated carbocycles. The molecule has 0 aromatic carbocycles. The largest absolute Gasteiger partial charge is 0.297 e. The van der Waals surface area contributed by atoms with Gasteiger partial charge in [-0.25, -0.2) is 14.6 Å². The van der Waals surface area contributed by atoms with Crippen molar-refractivity contribution in [3.63, 3.8) is 0 Å². The van der Waals surface area contributed by atoms with Gasteiger partial charge in [-0.1, -0.05) is 13.8 Å². The van der Waals surface area contributed by atoms with E-state index in [9.17, 15) is 4.79 Å². The number of hydrogen-bond donors (Lipinski definition) is 1. The fourth-order valence-electron chi connectivity index (χ4n) is 2.59. The summed E-state index contributed by atoms with van der Waals surface area (Å²) in [5.74, 6) is -0.133. The molecule has 1 amide bonds. The van der Waals surface area contributed by atoms with Gasteiger partial charge in [-0.2, -0.15) is 0 Å². The maximum absolute atomic E-state index is 12.3. The molecule has 0 spiro atoms. The fourth-order valence-corrected chi connectivity index (χ4v) is 3.85. The lowest BCUT2D eigenvalue weighted by Gasteiger charge is -2.28. The monoisotopic (exact) mass is 333 g/mol. The summed E-state index contributed by atoms with van der Waals surface area (Å²) in [7, 11) is 0. The van der Waals surface area contributed by atoms with Gasteiger partial charge in [0.25, 0.3) is 5.91 Å². The van der Waals surface area contributed by atoms with Crippen LogP contribution in [0.1, 0.15) is 62.2 Å². The molecule has 1 N–H and O–H groups in total. The number of fused-ring (bicyclic) bond motifs is 1. The number of hydrogen-bond acceptors (Lipinski definition) is 5. The summed E-state index contributed by atoms with van der Waals surface area (Å²) in [5, 5.41) is 7.73. The molecule has 2 heterocycles. The SMILES string of the molecule is CC1(C)CCc2nc(NC(=O)c3ncn(C(C)(C)C)n3)sc2C1. The van der Waals surface area contributed by atoms with Gasteiger partial charge < -0.3 is 0 Å². The van der Waals surface area contributed by atoms with Crippen molar-refractivity contribution in [2.75, 3.05) is 5.32 Å². The number of aromatic nitrogens is 4. The third kappa shape index (κ3) is 3.44. The van der Waals surface area contributed by atoms with Crippen molar-refractivity contribution < 1.29 is 4.79 Å². The number of thiazole rings is 1. The summed E-state index contributed by atoms with van der Waals surface area (Å²) in [5.41, 5.74) is 1.24. The van der Waals surface area contributed by atoms with Gasteiger partial charge in [0.1, 0.15) is 6.33 Å². The van der Waals surface area contributed by atoms with E-state index >= 15 is 0 Å². The van der Waals surface area contributed by atoms with Crippen LogP contribution < -0.4 is 5.32 Å². The summed E-state index contributed by atoms with van der Waals surface area (Å²) < 4.78 is 1.69. The molecule has 0 saturated heterocycles. The van der Waals surface area contributed by atoms with Gasteiger partial charge in [-0.15, -0.1) is 16.4 Å². The minimum Gasteiger partial charge on any atom is -0.295 e. The molecule has 2 aromatic rings. The number of carbonyl (C=O) groups is 1. The minimum absolute atomic E-state index is 0.174. The smallest absolute Gasteiger partial charge is 0.295 e. The van der Waals surface area contributed by atoms with Crippen LogP contribution in [0.25, 0.3) is 0 Å². The molecule has 0 atom stereocenters. The van der Waals surface area contributed by atoms with Gasteiger partial charge in [0.15, 0.2) is 5.13 Å². The Labute approximate surface area is 140 Å². The van der Waals surface area contributed by atoms with Crippen LogP contribution in [0.5, 0.6) is 0 Å². The van der Waals surface area contributed by atoms with Gasteiger partial charge in [0, 0.05) is 4.88 Å². The normalized spacial score (nSPS) is 16.9. The van der Waals surface area contributed by atoms with Crippen LogP contribution in [0.4, 0.5) is 5.13 Å². The summed E-state index contributed by atoms with van der Waals surface area (Å²) in [6.07, 6.45) is 4.72. The van der Waals surface area contributed by atoms with Crippen molar-refractivity contribution in [1.82, 2.24) is 19.7 Å². The van der Waals surface area contributed by atoms with Crippen LogP contribution in [0, 0.1) is 5.41 Å².